The molecular weight excluding hydrogens is 452 g/mol. The number of nitrogens with one attached hydrogen (secondary N) is 2. The summed E-state index contributed by atoms with van der Waals surface area (Å²) in [6.45, 7) is -0.420. The van der Waals surface area contributed by atoms with E-state index in [4.69, 9.17) is 4.74 Å². The lowest BCUT2D eigenvalue weighted by Gasteiger charge is -2.29. The van der Waals surface area contributed by atoms with Crippen molar-refractivity contribution in [2.24, 2.45) is 0 Å². The van der Waals surface area contributed by atoms with Crippen LogP contribution in [0.5, 0.6) is 5.75 Å². The van der Waals surface area contributed by atoms with Gasteiger partial charge in [0.05, 0.1) is 10.6 Å². The summed E-state index contributed by atoms with van der Waals surface area (Å²) in [6.07, 6.45) is 2.80. The number of fused-ring (bicyclic) bond motifs is 1. The van der Waals surface area contributed by atoms with Crippen molar-refractivity contribution in [2.45, 2.75) is 0 Å². The lowest BCUT2D eigenvalue weighted by Crippen LogP contribution is -2.43. The first-order valence-corrected chi connectivity index (χ1v) is 10.5. The molecule has 3 aromatic carbocycles. The largest absolute Gasteiger partial charge is 0.482 e. The maximum Gasteiger partial charge on any atom is 0.269 e. The molecular formula is C25H20N4O6. The number of ether oxygens (including phenoxy) is 1. The molecule has 176 valence electrons. The highest BCUT2D eigenvalue weighted by Crippen LogP contribution is 2.34. The maximum absolute atomic E-state index is 12.5. The second-order valence-electron chi connectivity index (χ2n) is 7.54. The normalized spacial score (nSPS) is 12.6. The minimum atomic E-state index is -0.501. The standard InChI is InChI=1S/C25H20N4O6/c30-23(13-8-17-6-10-20(11-7-17)29(33)34)27-19-9-12-22-21(14-19)28(25(32)16-35-22)15-24(31)26-18-4-2-1-3-5-18/h1-14H,15-16H2,(H,26,31)(H,27,30)/b13-8+. The molecule has 0 fully saturated rings. The Balaban J connectivity index is 1.44. The van der Waals surface area contributed by atoms with Gasteiger partial charge in [-0.05, 0) is 54.1 Å². The number of para-hydroxylation sites is 1. The molecule has 0 unspecified atom stereocenters. The molecule has 1 heterocycles. The monoisotopic (exact) mass is 472 g/mol. The van der Waals surface area contributed by atoms with Gasteiger partial charge in [0.25, 0.3) is 11.6 Å². The molecule has 2 N–H and O–H groups in total. The molecule has 3 amide bonds. The Kier molecular flexibility index (Phi) is 6.82. The molecule has 0 atom stereocenters. The average Bonchev–Trinajstić information content (AvgIpc) is 2.85. The average molecular weight is 472 g/mol. The molecule has 10 heteroatoms. The number of hydrogen-bond donors (Lipinski definition) is 2. The van der Waals surface area contributed by atoms with Crippen LogP contribution in [0.4, 0.5) is 22.7 Å². The zero-order valence-corrected chi connectivity index (χ0v) is 18.3. The van der Waals surface area contributed by atoms with Crippen LogP contribution < -0.4 is 20.3 Å². The number of carbonyl (C=O) groups excluding carboxylic acids is 3. The van der Waals surface area contributed by atoms with Crippen molar-refractivity contribution >= 4 is 46.5 Å². The van der Waals surface area contributed by atoms with Crippen LogP contribution in [0.2, 0.25) is 0 Å². The first-order valence-electron chi connectivity index (χ1n) is 10.5. The Morgan fingerprint density at radius 1 is 1.00 bits per heavy atom. The van der Waals surface area contributed by atoms with Crippen molar-refractivity contribution < 1.29 is 24.0 Å². The fraction of sp³-hybridized carbons (Fsp3) is 0.0800. The van der Waals surface area contributed by atoms with Gasteiger partial charge < -0.3 is 15.4 Å². The summed E-state index contributed by atoms with van der Waals surface area (Å²) in [4.78, 5) is 48.9. The van der Waals surface area contributed by atoms with E-state index in [-0.39, 0.29) is 30.7 Å². The smallest absolute Gasteiger partial charge is 0.269 e. The number of anilines is 3. The van der Waals surface area contributed by atoms with Crippen LogP contribution in [-0.2, 0) is 14.4 Å². The first kappa shape index (κ1) is 23.2. The van der Waals surface area contributed by atoms with Crippen LogP contribution in [0.3, 0.4) is 0 Å². The van der Waals surface area contributed by atoms with Crippen LogP contribution in [0.15, 0.2) is 78.9 Å². The van der Waals surface area contributed by atoms with E-state index < -0.39 is 10.8 Å². The highest BCUT2D eigenvalue weighted by molar-refractivity contribution is 6.06. The number of nitro benzene ring substituents is 1. The summed E-state index contributed by atoms with van der Waals surface area (Å²) in [5.74, 6) is -0.795. The quantitative estimate of drug-likeness (QED) is 0.307. The molecule has 10 nitrogen and oxygen atoms in total. The number of hydrogen-bond acceptors (Lipinski definition) is 6. The van der Waals surface area contributed by atoms with Gasteiger partial charge in [0.1, 0.15) is 12.3 Å². The van der Waals surface area contributed by atoms with Gasteiger partial charge in [-0.15, -0.1) is 0 Å². The van der Waals surface area contributed by atoms with Gasteiger partial charge in [0.15, 0.2) is 6.61 Å². The lowest BCUT2D eigenvalue weighted by atomic mass is 10.2. The van der Waals surface area contributed by atoms with E-state index in [1.54, 1.807) is 42.5 Å². The van der Waals surface area contributed by atoms with E-state index in [0.717, 1.165) is 0 Å². The summed E-state index contributed by atoms with van der Waals surface area (Å²) in [5.41, 5.74) is 1.94. The molecule has 0 aromatic heterocycles. The number of benzene rings is 3. The van der Waals surface area contributed by atoms with Gasteiger partial charge in [-0.2, -0.15) is 0 Å². The second kappa shape index (κ2) is 10.3. The number of carbonyl (C=O) groups is 3. The number of non-ortho nitro benzene ring substituents is 1. The van der Waals surface area contributed by atoms with Crippen LogP contribution in [0, 0.1) is 10.1 Å². The van der Waals surface area contributed by atoms with Crippen molar-refractivity contribution in [1.82, 2.24) is 0 Å². The summed E-state index contributed by atoms with van der Waals surface area (Å²) < 4.78 is 5.46. The first-order chi connectivity index (χ1) is 16.9. The minimum Gasteiger partial charge on any atom is -0.482 e. The Labute approximate surface area is 200 Å². The third-order valence-electron chi connectivity index (χ3n) is 5.06. The molecule has 0 spiro atoms. The van der Waals surface area contributed by atoms with Crippen LogP contribution in [-0.4, -0.2) is 35.8 Å². The Morgan fingerprint density at radius 3 is 2.46 bits per heavy atom. The van der Waals surface area contributed by atoms with Gasteiger partial charge in [0, 0.05) is 29.6 Å². The Hall–Kier alpha value is -4.99. The molecule has 0 saturated heterocycles. The summed E-state index contributed by atoms with van der Waals surface area (Å²) in [7, 11) is 0. The number of nitro groups is 1. The van der Waals surface area contributed by atoms with Gasteiger partial charge in [-0.1, -0.05) is 18.2 Å². The molecule has 1 aliphatic rings. The molecule has 0 bridgehead atoms. The summed E-state index contributed by atoms with van der Waals surface area (Å²) in [5, 5.41) is 16.2. The predicted molar refractivity (Wildman–Crippen MR) is 130 cm³/mol. The predicted octanol–water partition coefficient (Wildman–Crippen LogP) is 3.61. The molecule has 1 aliphatic heterocycles. The second-order valence-corrected chi connectivity index (χ2v) is 7.54. The summed E-state index contributed by atoms with van der Waals surface area (Å²) >= 11 is 0. The van der Waals surface area contributed by atoms with E-state index >= 15 is 0 Å². The highest BCUT2D eigenvalue weighted by Gasteiger charge is 2.28. The van der Waals surface area contributed by atoms with Gasteiger partial charge in [-0.3, -0.25) is 29.4 Å². The maximum atomic E-state index is 12.5. The highest BCUT2D eigenvalue weighted by atomic mass is 16.6. The Morgan fingerprint density at radius 2 is 1.74 bits per heavy atom. The van der Waals surface area contributed by atoms with Gasteiger partial charge in [-0.25, -0.2) is 0 Å². The molecule has 0 radical (unpaired) electrons. The zero-order chi connectivity index (χ0) is 24.8. The van der Waals surface area contributed by atoms with Crippen LogP contribution >= 0.6 is 0 Å². The van der Waals surface area contributed by atoms with Crippen molar-refractivity contribution in [3.63, 3.8) is 0 Å². The third kappa shape index (κ3) is 5.88. The van der Waals surface area contributed by atoms with Crippen molar-refractivity contribution in [3.05, 3.63) is 94.6 Å². The van der Waals surface area contributed by atoms with E-state index in [1.807, 2.05) is 6.07 Å². The molecule has 0 saturated carbocycles. The molecule has 35 heavy (non-hydrogen) atoms. The van der Waals surface area contributed by atoms with E-state index in [0.29, 0.717) is 28.4 Å². The van der Waals surface area contributed by atoms with Crippen molar-refractivity contribution in [1.29, 1.82) is 0 Å². The van der Waals surface area contributed by atoms with Crippen molar-refractivity contribution in [2.75, 3.05) is 28.7 Å². The van der Waals surface area contributed by atoms with E-state index in [1.165, 1.54) is 41.3 Å². The van der Waals surface area contributed by atoms with Crippen LogP contribution in [0.25, 0.3) is 6.08 Å². The molecule has 0 aliphatic carbocycles. The van der Waals surface area contributed by atoms with E-state index in [9.17, 15) is 24.5 Å². The molecule has 3 aromatic rings. The lowest BCUT2D eigenvalue weighted by molar-refractivity contribution is -0.384. The van der Waals surface area contributed by atoms with Crippen molar-refractivity contribution in [3.8, 4) is 5.75 Å². The third-order valence-corrected chi connectivity index (χ3v) is 5.06. The van der Waals surface area contributed by atoms with Gasteiger partial charge >= 0.3 is 0 Å². The number of rotatable bonds is 7. The fourth-order valence-electron chi connectivity index (χ4n) is 3.38. The number of nitrogens with zero attached hydrogens (tertiary/aromatic N) is 2. The van der Waals surface area contributed by atoms with Gasteiger partial charge in [0.2, 0.25) is 11.8 Å². The topological polar surface area (TPSA) is 131 Å². The van der Waals surface area contributed by atoms with Crippen LogP contribution in [0.1, 0.15) is 5.56 Å². The molecule has 4 rings (SSSR count). The Bertz CT molecular complexity index is 1310. The zero-order valence-electron chi connectivity index (χ0n) is 18.3. The minimum absolute atomic E-state index is 0.0422. The van der Waals surface area contributed by atoms with E-state index in [2.05, 4.69) is 10.6 Å². The summed E-state index contributed by atoms with van der Waals surface area (Å²) in [6, 6.07) is 19.4. The number of amides is 3. The SMILES string of the molecule is O=C(/C=C/c1ccc([N+](=O)[O-])cc1)Nc1ccc2c(c1)N(CC(=O)Nc1ccccc1)C(=O)CO2. The fourth-order valence-corrected chi connectivity index (χ4v) is 3.38.